The van der Waals surface area contributed by atoms with Gasteiger partial charge in [0.25, 0.3) is 0 Å². The van der Waals surface area contributed by atoms with Crippen molar-refractivity contribution in [3.63, 3.8) is 0 Å². The number of nitrogens with zero attached hydrogens (tertiary/aromatic N) is 2. The first-order valence-corrected chi connectivity index (χ1v) is 5.76. The predicted molar refractivity (Wildman–Crippen MR) is 70.1 cm³/mol. The molecule has 0 atom stereocenters. The number of quaternary nitrogens is 1. The highest BCUT2D eigenvalue weighted by atomic mass is 16.4. The molecule has 2 aromatic rings. The van der Waals surface area contributed by atoms with E-state index in [1.54, 1.807) is 0 Å². The Morgan fingerprint density at radius 1 is 1.11 bits per heavy atom. The summed E-state index contributed by atoms with van der Waals surface area (Å²) in [5, 5.41) is 8.23. The van der Waals surface area contributed by atoms with Crippen molar-refractivity contribution >= 4 is 11.5 Å². The smallest absolute Gasteiger partial charge is 0.359 e. The van der Waals surface area contributed by atoms with Gasteiger partial charge in [-0.05, 0) is 12.1 Å². The summed E-state index contributed by atoms with van der Waals surface area (Å²) in [4.78, 5) is 10.00. The largest absolute Gasteiger partial charge is 0.477 e. The molecule has 0 amide bonds. The fourth-order valence-electron chi connectivity index (χ4n) is 1.45. The van der Waals surface area contributed by atoms with Crippen molar-refractivity contribution in [2.45, 2.75) is 0 Å². The minimum absolute atomic E-state index is 0.181. The Balaban J connectivity index is 0.000000187. The maximum absolute atomic E-state index is 10.00. The fraction of sp³-hybridized carbons (Fsp3) is 0.286. The van der Waals surface area contributed by atoms with Crippen LogP contribution in [0, 0.1) is 0 Å². The molecule has 0 saturated carbocycles. The molecule has 0 aliphatic heterocycles. The maximum atomic E-state index is 10.00. The first kappa shape index (κ1) is 14.1. The minimum atomic E-state index is -0.752. The molecule has 2 rings (SSSR count). The van der Waals surface area contributed by atoms with Crippen LogP contribution in [0.5, 0.6) is 0 Å². The summed E-state index contributed by atoms with van der Waals surface area (Å²) < 4.78 is 2.56. The Kier molecular flexibility index (Phi) is 4.80. The number of carboxylic acids is 1. The van der Waals surface area contributed by atoms with Crippen LogP contribution in [0.3, 0.4) is 0 Å². The molecule has 0 unspecified atom stereocenters. The topological polar surface area (TPSA) is 41.4 Å². The van der Waals surface area contributed by atoms with E-state index in [9.17, 15) is 4.79 Å². The zero-order valence-electron chi connectivity index (χ0n) is 11.1. The Morgan fingerprint density at radius 3 is 1.89 bits per heavy atom. The molecule has 0 aromatic carbocycles. The van der Waals surface area contributed by atoms with E-state index in [0.29, 0.717) is 4.48 Å². The number of hydrogen-bond donors (Lipinski definition) is 1. The molecule has 2 heterocycles. The highest BCUT2D eigenvalue weighted by Gasteiger charge is 2.11. The molecule has 0 radical (unpaired) electrons. The highest BCUT2D eigenvalue weighted by molar-refractivity contribution is 5.67. The van der Waals surface area contributed by atoms with Crippen LogP contribution >= 0.6 is 0 Å². The quantitative estimate of drug-likeness (QED) is 0.641. The van der Waals surface area contributed by atoms with Crippen molar-refractivity contribution in [1.82, 2.24) is 0 Å². The number of likely N-dealkylation sites (N-methyl/N-ethyl adjacent to an activating group) is 1. The molecule has 2 aromatic heterocycles. The van der Waals surface area contributed by atoms with Crippen LogP contribution < -0.4 is 4.40 Å². The number of pyridine rings is 2. The Bertz CT molecular complexity index is 453. The molecular weight excluding hydrogens is 228 g/mol. The van der Waals surface area contributed by atoms with E-state index in [0.717, 1.165) is 0 Å². The third-order valence-electron chi connectivity index (χ3n) is 2.16. The zero-order valence-corrected chi connectivity index (χ0v) is 11.1. The lowest BCUT2D eigenvalue weighted by Crippen LogP contribution is -2.39. The van der Waals surface area contributed by atoms with Crippen LogP contribution in [0.1, 0.15) is 0 Å². The molecule has 96 valence electrons. The van der Waals surface area contributed by atoms with Crippen molar-refractivity contribution in [2.75, 3.05) is 27.7 Å². The van der Waals surface area contributed by atoms with Crippen LogP contribution in [0.25, 0.3) is 5.52 Å². The maximum Gasteiger partial charge on any atom is 0.359 e. The van der Waals surface area contributed by atoms with E-state index in [2.05, 4.69) is 16.5 Å². The van der Waals surface area contributed by atoms with Crippen LogP contribution in [0.4, 0.5) is 0 Å². The standard InChI is InChI=1S/C9H8N.C5H11NO2/c1-3-7-10-8-4-2-6-9(10)5-1;1-6(2,3)4-5(7)8/h1-8H;4H2,1-3H3/q+1;/p+1. The first-order valence-electron chi connectivity index (χ1n) is 5.76. The van der Waals surface area contributed by atoms with E-state index in [1.807, 2.05) is 57.8 Å². The van der Waals surface area contributed by atoms with Crippen LogP contribution in [0.15, 0.2) is 48.8 Å². The Labute approximate surface area is 107 Å². The summed E-state index contributed by atoms with van der Waals surface area (Å²) in [7, 11) is 5.52. The molecule has 0 spiro atoms. The van der Waals surface area contributed by atoms with Crippen molar-refractivity contribution in [2.24, 2.45) is 0 Å². The highest BCUT2D eigenvalue weighted by Crippen LogP contribution is 1.92. The van der Waals surface area contributed by atoms with Gasteiger partial charge in [0.05, 0.1) is 21.1 Å². The van der Waals surface area contributed by atoms with Gasteiger partial charge < -0.3 is 9.59 Å². The summed E-state index contributed by atoms with van der Waals surface area (Å²) in [6.45, 7) is 0.181. The number of rotatable bonds is 2. The summed E-state index contributed by atoms with van der Waals surface area (Å²) >= 11 is 0. The van der Waals surface area contributed by atoms with E-state index in [1.165, 1.54) is 5.52 Å². The Morgan fingerprint density at radius 2 is 1.61 bits per heavy atom. The summed E-state index contributed by atoms with van der Waals surface area (Å²) in [6, 6.07) is 12.3. The lowest BCUT2D eigenvalue weighted by molar-refractivity contribution is -0.862. The molecular formula is C14H20N2O2+2. The van der Waals surface area contributed by atoms with Gasteiger partial charge in [-0.3, -0.25) is 0 Å². The lowest BCUT2D eigenvalue weighted by Gasteiger charge is -2.20. The van der Waals surface area contributed by atoms with Gasteiger partial charge in [0.1, 0.15) is 0 Å². The van der Waals surface area contributed by atoms with Crippen molar-refractivity contribution < 1.29 is 18.8 Å². The average Bonchev–Trinajstić information content (AvgIpc) is 2.27. The molecule has 1 N–H and O–H groups in total. The second kappa shape index (κ2) is 6.12. The van der Waals surface area contributed by atoms with Crippen LogP contribution in [-0.2, 0) is 4.79 Å². The van der Waals surface area contributed by atoms with Crippen LogP contribution in [-0.4, -0.2) is 43.2 Å². The second-order valence-corrected chi connectivity index (χ2v) is 5.08. The van der Waals surface area contributed by atoms with Crippen LogP contribution in [0.2, 0.25) is 0 Å². The summed E-state index contributed by atoms with van der Waals surface area (Å²) in [6.07, 6.45) is 4.07. The van der Waals surface area contributed by atoms with Gasteiger partial charge in [-0.25, -0.2) is 4.79 Å². The molecule has 0 aliphatic carbocycles. The monoisotopic (exact) mass is 248 g/mol. The lowest BCUT2D eigenvalue weighted by atomic mass is 10.3. The van der Waals surface area contributed by atoms with Gasteiger partial charge in [0.2, 0.25) is 5.52 Å². The zero-order chi connectivity index (χ0) is 13.6. The van der Waals surface area contributed by atoms with Gasteiger partial charge in [-0.2, -0.15) is 4.40 Å². The molecule has 0 saturated heterocycles. The van der Waals surface area contributed by atoms with Gasteiger partial charge >= 0.3 is 5.97 Å². The normalized spacial score (nSPS) is 10.6. The molecule has 4 nitrogen and oxygen atoms in total. The molecule has 0 fully saturated rings. The minimum Gasteiger partial charge on any atom is -0.477 e. The number of aromatic nitrogens is 1. The summed E-state index contributed by atoms with van der Waals surface area (Å²) in [5.41, 5.74) is 1.23. The number of fused-ring (bicyclic) bond motifs is 1. The van der Waals surface area contributed by atoms with Crippen molar-refractivity contribution in [3.8, 4) is 0 Å². The van der Waals surface area contributed by atoms with E-state index >= 15 is 0 Å². The van der Waals surface area contributed by atoms with Gasteiger partial charge in [0, 0.05) is 24.3 Å². The third kappa shape index (κ3) is 5.41. The number of carboxylic acid groups (broad SMARTS) is 1. The van der Waals surface area contributed by atoms with Gasteiger partial charge in [0.15, 0.2) is 18.9 Å². The number of aliphatic carboxylic acids is 1. The Hall–Kier alpha value is -1.94. The van der Waals surface area contributed by atoms with Gasteiger partial charge in [-0.15, -0.1) is 0 Å². The average molecular weight is 248 g/mol. The van der Waals surface area contributed by atoms with E-state index < -0.39 is 5.97 Å². The molecule has 0 bridgehead atoms. The van der Waals surface area contributed by atoms with Crippen molar-refractivity contribution in [1.29, 1.82) is 0 Å². The fourth-order valence-corrected chi connectivity index (χ4v) is 1.45. The van der Waals surface area contributed by atoms with E-state index in [-0.39, 0.29) is 6.54 Å². The predicted octanol–water partition coefficient (Wildman–Crippen LogP) is 1.20. The van der Waals surface area contributed by atoms with Crippen molar-refractivity contribution in [3.05, 3.63) is 48.8 Å². The molecule has 4 heteroatoms. The third-order valence-corrected chi connectivity index (χ3v) is 2.16. The molecule has 18 heavy (non-hydrogen) atoms. The SMILES string of the molecule is C[N+](C)(C)CC(=O)O.c1cc[n+]2ccccc2c1. The summed E-state index contributed by atoms with van der Waals surface area (Å²) in [5.74, 6) is -0.752. The molecule has 0 aliphatic rings. The number of hydrogen-bond acceptors (Lipinski definition) is 1. The van der Waals surface area contributed by atoms with E-state index in [4.69, 9.17) is 5.11 Å². The van der Waals surface area contributed by atoms with Gasteiger partial charge in [-0.1, -0.05) is 0 Å². The second-order valence-electron chi connectivity index (χ2n) is 5.08. The first-order chi connectivity index (χ1) is 8.38. The number of carbonyl (C=O) groups is 1.